The lowest BCUT2D eigenvalue weighted by molar-refractivity contribution is -0.117. The number of amides is 1. The van der Waals surface area contributed by atoms with Crippen LogP contribution in [0.5, 0.6) is 0 Å². The summed E-state index contributed by atoms with van der Waals surface area (Å²) in [4.78, 5) is 14.6. The van der Waals surface area contributed by atoms with Crippen molar-refractivity contribution in [3.63, 3.8) is 0 Å². The predicted molar refractivity (Wildman–Crippen MR) is 109 cm³/mol. The van der Waals surface area contributed by atoms with Gasteiger partial charge in [-0.3, -0.25) is 4.79 Å². The molecule has 1 fully saturated rings. The number of rotatable bonds is 7. The predicted octanol–water partition coefficient (Wildman–Crippen LogP) is 4.80. The van der Waals surface area contributed by atoms with Crippen LogP contribution in [-0.2, 0) is 11.3 Å². The Kier molecular flexibility index (Phi) is 6.45. The zero-order valence-corrected chi connectivity index (χ0v) is 16.0. The fourth-order valence-corrected chi connectivity index (χ4v) is 3.71. The number of hydrogen-bond acceptors (Lipinski definition) is 2. The quantitative estimate of drug-likeness (QED) is 0.778. The van der Waals surface area contributed by atoms with E-state index in [0.717, 1.165) is 18.2 Å². The summed E-state index contributed by atoms with van der Waals surface area (Å²) in [5.41, 5.74) is 4.79. The first-order valence-electron chi connectivity index (χ1n) is 9.84. The number of carbonyl (C=O) groups is 1. The Morgan fingerprint density at radius 1 is 1.04 bits per heavy atom. The van der Waals surface area contributed by atoms with Crippen LogP contribution in [0.25, 0.3) is 0 Å². The molecule has 2 aromatic carbocycles. The van der Waals surface area contributed by atoms with E-state index in [4.69, 9.17) is 0 Å². The fourth-order valence-electron chi connectivity index (χ4n) is 3.71. The van der Waals surface area contributed by atoms with Crippen LogP contribution in [0.1, 0.15) is 55.2 Å². The number of likely N-dealkylation sites (N-methyl/N-ethyl adjacent to an activating group) is 1. The maximum atomic E-state index is 12.7. The smallest absolute Gasteiger partial charge is 0.241 e. The number of benzene rings is 2. The van der Waals surface area contributed by atoms with Crippen LogP contribution < -0.4 is 10.2 Å². The van der Waals surface area contributed by atoms with Crippen molar-refractivity contribution in [3.05, 3.63) is 65.2 Å². The first kappa shape index (κ1) is 18.7. The second-order valence-corrected chi connectivity index (χ2v) is 7.32. The van der Waals surface area contributed by atoms with Crippen LogP contribution >= 0.6 is 0 Å². The molecule has 1 amide bonds. The monoisotopic (exact) mass is 350 g/mol. The number of nitrogens with zero attached hydrogens (tertiary/aromatic N) is 1. The van der Waals surface area contributed by atoms with E-state index in [1.165, 1.54) is 42.4 Å². The molecule has 1 aliphatic rings. The fraction of sp³-hybridized carbons (Fsp3) is 0.435. The third kappa shape index (κ3) is 4.73. The van der Waals surface area contributed by atoms with Crippen LogP contribution in [0.4, 0.5) is 5.69 Å². The Morgan fingerprint density at radius 2 is 1.69 bits per heavy atom. The van der Waals surface area contributed by atoms with Gasteiger partial charge in [0.15, 0.2) is 0 Å². The number of carbonyl (C=O) groups excluding carboxylic acids is 1. The summed E-state index contributed by atoms with van der Waals surface area (Å²) < 4.78 is 0. The molecule has 0 aliphatic heterocycles. The van der Waals surface area contributed by atoms with E-state index in [2.05, 4.69) is 48.6 Å². The molecule has 0 saturated heterocycles. The van der Waals surface area contributed by atoms with Crippen molar-refractivity contribution >= 4 is 11.6 Å². The Morgan fingerprint density at radius 3 is 2.31 bits per heavy atom. The lowest BCUT2D eigenvalue weighted by Crippen LogP contribution is -2.37. The second-order valence-electron chi connectivity index (χ2n) is 7.32. The Balaban J connectivity index is 1.75. The maximum absolute atomic E-state index is 12.7. The largest absolute Gasteiger partial charge is 0.309 e. The molecule has 1 aliphatic carbocycles. The highest BCUT2D eigenvalue weighted by Crippen LogP contribution is 2.34. The Labute approximate surface area is 157 Å². The molecule has 0 unspecified atom stereocenters. The van der Waals surface area contributed by atoms with Crippen molar-refractivity contribution in [1.82, 2.24) is 5.32 Å². The van der Waals surface area contributed by atoms with Gasteiger partial charge in [-0.2, -0.15) is 0 Å². The highest BCUT2D eigenvalue weighted by Gasteiger charge is 2.18. The molecule has 0 aromatic heterocycles. The summed E-state index contributed by atoms with van der Waals surface area (Å²) in [6.07, 6.45) is 5.34. The lowest BCUT2D eigenvalue weighted by Gasteiger charge is -2.24. The van der Waals surface area contributed by atoms with Crippen LogP contribution in [0.3, 0.4) is 0 Å². The van der Waals surface area contributed by atoms with Gasteiger partial charge in [0.05, 0.1) is 13.1 Å². The Bertz CT molecular complexity index is 700. The van der Waals surface area contributed by atoms with E-state index in [-0.39, 0.29) is 5.91 Å². The van der Waals surface area contributed by atoms with E-state index in [1.807, 2.05) is 24.0 Å². The molecule has 2 aromatic rings. The maximum Gasteiger partial charge on any atom is 0.241 e. The van der Waals surface area contributed by atoms with Gasteiger partial charge in [0.1, 0.15) is 0 Å². The second kappa shape index (κ2) is 9.00. The molecule has 3 heteroatoms. The van der Waals surface area contributed by atoms with Crippen molar-refractivity contribution < 1.29 is 4.79 Å². The zero-order valence-electron chi connectivity index (χ0n) is 16.0. The van der Waals surface area contributed by atoms with Gasteiger partial charge in [-0.15, -0.1) is 0 Å². The minimum Gasteiger partial charge on any atom is -0.309 e. The minimum atomic E-state index is 0.107. The average molecular weight is 351 g/mol. The van der Waals surface area contributed by atoms with Crippen LogP contribution in [-0.4, -0.2) is 19.0 Å². The summed E-state index contributed by atoms with van der Waals surface area (Å²) in [5, 5.41) is 3.15. The van der Waals surface area contributed by atoms with Crippen molar-refractivity contribution in [2.75, 3.05) is 18.0 Å². The highest BCUT2D eigenvalue weighted by atomic mass is 16.2. The highest BCUT2D eigenvalue weighted by molar-refractivity contribution is 5.94. The van der Waals surface area contributed by atoms with Crippen molar-refractivity contribution in [2.45, 2.75) is 52.0 Å². The zero-order chi connectivity index (χ0) is 18.4. The normalized spacial score (nSPS) is 14.5. The van der Waals surface area contributed by atoms with E-state index < -0.39 is 0 Å². The van der Waals surface area contributed by atoms with Crippen molar-refractivity contribution in [1.29, 1.82) is 0 Å². The molecule has 0 heterocycles. The summed E-state index contributed by atoms with van der Waals surface area (Å²) in [6.45, 7) is 5.86. The molecular formula is C23H30N2O. The molecule has 1 N–H and O–H groups in total. The third-order valence-corrected chi connectivity index (χ3v) is 5.32. The van der Waals surface area contributed by atoms with Gasteiger partial charge in [-0.1, -0.05) is 61.7 Å². The summed E-state index contributed by atoms with van der Waals surface area (Å²) in [6, 6.07) is 17.1. The summed E-state index contributed by atoms with van der Waals surface area (Å²) in [5.74, 6) is 0.836. The molecule has 1 saturated carbocycles. The number of hydrogen-bond donors (Lipinski definition) is 1. The van der Waals surface area contributed by atoms with Gasteiger partial charge in [-0.25, -0.2) is 0 Å². The van der Waals surface area contributed by atoms with Crippen LogP contribution in [0.15, 0.2) is 48.5 Å². The standard InChI is InChI=1S/C23H30N2O/c1-3-24-16-23(26)25(22-14-8-18(2)9-15-22)17-19-10-12-21(13-11-19)20-6-4-5-7-20/h8-15,20,24H,3-7,16-17H2,1-2H3. The molecule has 3 rings (SSSR count). The first-order chi connectivity index (χ1) is 12.7. The lowest BCUT2D eigenvalue weighted by atomic mass is 9.96. The molecule has 138 valence electrons. The van der Waals surface area contributed by atoms with Gasteiger partial charge >= 0.3 is 0 Å². The van der Waals surface area contributed by atoms with Gasteiger partial charge in [0.2, 0.25) is 5.91 Å². The minimum absolute atomic E-state index is 0.107. The first-order valence-corrected chi connectivity index (χ1v) is 9.84. The van der Waals surface area contributed by atoms with E-state index in [9.17, 15) is 4.79 Å². The third-order valence-electron chi connectivity index (χ3n) is 5.32. The number of aryl methyl sites for hydroxylation is 1. The average Bonchev–Trinajstić information content (AvgIpc) is 3.20. The molecule has 3 nitrogen and oxygen atoms in total. The van der Waals surface area contributed by atoms with Gasteiger partial charge in [0.25, 0.3) is 0 Å². The summed E-state index contributed by atoms with van der Waals surface area (Å²) >= 11 is 0. The number of anilines is 1. The molecule has 0 radical (unpaired) electrons. The van der Waals surface area contributed by atoms with Crippen molar-refractivity contribution in [3.8, 4) is 0 Å². The molecule has 26 heavy (non-hydrogen) atoms. The van der Waals surface area contributed by atoms with Crippen molar-refractivity contribution in [2.24, 2.45) is 0 Å². The number of nitrogens with one attached hydrogen (secondary N) is 1. The molecule has 0 bridgehead atoms. The van der Waals surface area contributed by atoms with Crippen LogP contribution in [0.2, 0.25) is 0 Å². The van der Waals surface area contributed by atoms with Crippen LogP contribution in [0, 0.1) is 6.92 Å². The van der Waals surface area contributed by atoms with Gasteiger partial charge < -0.3 is 10.2 Å². The van der Waals surface area contributed by atoms with E-state index in [0.29, 0.717) is 13.1 Å². The van der Waals surface area contributed by atoms with Gasteiger partial charge in [-0.05, 0) is 55.5 Å². The van der Waals surface area contributed by atoms with E-state index >= 15 is 0 Å². The topological polar surface area (TPSA) is 32.3 Å². The van der Waals surface area contributed by atoms with Gasteiger partial charge in [0, 0.05) is 5.69 Å². The Hall–Kier alpha value is -2.13. The molecular weight excluding hydrogens is 320 g/mol. The molecule has 0 atom stereocenters. The van der Waals surface area contributed by atoms with E-state index in [1.54, 1.807) is 0 Å². The molecule has 0 spiro atoms. The SMILES string of the molecule is CCNCC(=O)N(Cc1ccc(C2CCCC2)cc1)c1ccc(C)cc1. The summed E-state index contributed by atoms with van der Waals surface area (Å²) in [7, 11) is 0.